The number of imide groups is 1. The molecule has 64 valence electrons. The van der Waals surface area contributed by atoms with Gasteiger partial charge >= 0.3 is 12.1 Å². The Morgan fingerprint density at radius 1 is 1.36 bits per heavy atom. The summed E-state index contributed by atoms with van der Waals surface area (Å²) in [5, 5.41) is 3.11. The summed E-state index contributed by atoms with van der Waals surface area (Å²) >= 11 is 0. The van der Waals surface area contributed by atoms with E-state index < -0.39 is 12.1 Å². The molecule has 0 bridgehead atoms. The lowest BCUT2D eigenvalue weighted by Crippen LogP contribution is -2.48. The first-order valence-corrected chi connectivity index (χ1v) is 2.98. The molecule has 0 saturated carbocycles. The van der Waals surface area contributed by atoms with E-state index in [1.54, 1.807) is 0 Å². The number of hydrogen-bond donors (Lipinski definition) is 2. The minimum Gasteiger partial charge on any atom is -0.341 e. The molecule has 0 fully saturated rings. The molecule has 0 spiro atoms. The second kappa shape index (κ2) is 3.77. The lowest BCUT2D eigenvalue weighted by Gasteiger charge is -2.18. The zero-order valence-electron chi connectivity index (χ0n) is 6.79. The van der Waals surface area contributed by atoms with E-state index in [4.69, 9.17) is 5.84 Å². The number of carbonyl (C=O) groups is 2. The maximum atomic E-state index is 10.9. The smallest absolute Gasteiger partial charge is 0.341 e. The monoisotopic (exact) mass is 160 g/mol. The predicted octanol–water partition coefficient (Wildman–Crippen LogP) is -0.817. The van der Waals surface area contributed by atoms with Gasteiger partial charge in [-0.15, -0.1) is 0 Å². The van der Waals surface area contributed by atoms with Gasteiger partial charge in [0.1, 0.15) is 0 Å². The highest BCUT2D eigenvalue weighted by atomic mass is 16.2. The summed E-state index contributed by atoms with van der Waals surface area (Å²) in [6, 6.07) is -1.06. The Labute approximate surface area is 64.9 Å². The number of nitrogens with one attached hydrogen (secondary N) is 1. The Morgan fingerprint density at radius 2 is 1.82 bits per heavy atom. The SMILES string of the molecule is CNC(=O)N(C)C(=O)N(C)N. The van der Waals surface area contributed by atoms with Crippen LogP contribution in [0.2, 0.25) is 0 Å². The van der Waals surface area contributed by atoms with Crippen LogP contribution in [0.4, 0.5) is 9.59 Å². The number of amides is 4. The number of hydrogen-bond acceptors (Lipinski definition) is 3. The Kier molecular flexibility index (Phi) is 3.32. The first kappa shape index (κ1) is 9.70. The van der Waals surface area contributed by atoms with E-state index in [-0.39, 0.29) is 0 Å². The first-order chi connectivity index (χ1) is 5.00. The van der Waals surface area contributed by atoms with Crippen LogP contribution in [0.3, 0.4) is 0 Å². The van der Waals surface area contributed by atoms with Crippen LogP contribution in [0.15, 0.2) is 0 Å². The second-order valence-corrected chi connectivity index (χ2v) is 2.01. The lowest BCUT2D eigenvalue weighted by molar-refractivity contribution is 0.171. The molecular weight excluding hydrogens is 148 g/mol. The average Bonchev–Trinajstić information content (AvgIpc) is 2.00. The van der Waals surface area contributed by atoms with Gasteiger partial charge in [0.2, 0.25) is 0 Å². The van der Waals surface area contributed by atoms with Gasteiger partial charge in [0, 0.05) is 21.1 Å². The Hall–Kier alpha value is -1.30. The number of nitrogens with zero attached hydrogens (tertiary/aromatic N) is 2. The fraction of sp³-hybridized carbons (Fsp3) is 0.600. The van der Waals surface area contributed by atoms with E-state index in [2.05, 4.69) is 5.32 Å². The summed E-state index contributed by atoms with van der Waals surface area (Å²) in [6.07, 6.45) is 0. The maximum Gasteiger partial charge on any atom is 0.341 e. The average molecular weight is 160 g/mol. The predicted molar refractivity (Wildman–Crippen MR) is 39.6 cm³/mol. The van der Waals surface area contributed by atoms with Crippen molar-refractivity contribution in [2.24, 2.45) is 5.84 Å². The summed E-state index contributed by atoms with van der Waals surface area (Å²) in [5.41, 5.74) is 0. The molecule has 0 aliphatic heterocycles. The molecular formula is C5H12N4O2. The summed E-state index contributed by atoms with van der Waals surface area (Å²) in [5.74, 6) is 5.09. The molecule has 0 unspecified atom stereocenters. The van der Waals surface area contributed by atoms with Crippen molar-refractivity contribution in [3.63, 3.8) is 0 Å². The van der Waals surface area contributed by atoms with E-state index in [1.165, 1.54) is 21.1 Å². The van der Waals surface area contributed by atoms with Gasteiger partial charge in [-0.3, -0.25) is 5.01 Å². The standard InChI is InChI=1S/C5H12N4O2/c1-7-4(10)8(2)5(11)9(3)6/h6H2,1-3H3,(H,7,10). The summed E-state index contributed by atoms with van der Waals surface area (Å²) < 4.78 is 0. The van der Waals surface area contributed by atoms with Crippen molar-refractivity contribution in [1.82, 2.24) is 15.2 Å². The van der Waals surface area contributed by atoms with Crippen LogP contribution < -0.4 is 11.2 Å². The van der Waals surface area contributed by atoms with Crippen LogP contribution in [0.25, 0.3) is 0 Å². The minimum absolute atomic E-state index is 0.493. The van der Waals surface area contributed by atoms with E-state index in [0.29, 0.717) is 0 Å². The summed E-state index contributed by atoms with van der Waals surface area (Å²) in [6.45, 7) is 0. The molecule has 0 aliphatic rings. The second-order valence-electron chi connectivity index (χ2n) is 2.01. The molecule has 0 aromatic carbocycles. The van der Waals surface area contributed by atoms with Crippen LogP contribution in [0.1, 0.15) is 0 Å². The van der Waals surface area contributed by atoms with Crippen molar-refractivity contribution in [2.45, 2.75) is 0 Å². The summed E-state index contributed by atoms with van der Waals surface area (Å²) in [4.78, 5) is 22.6. The van der Waals surface area contributed by atoms with E-state index >= 15 is 0 Å². The number of carbonyl (C=O) groups excluding carboxylic acids is 2. The number of hydrazine groups is 1. The van der Waals surface area contributed by atoms with Crippen LogP contribution in [-0.2, 0) is 0 Å². The van der Waals surface area contributed by atoms with Crippen molar-refractivity contribution in [3.05, 3.63) is 0 Å². The molecule has 6 heteroatoms. The Bertz CT molecular complexity index is 168. The Morgan fingerprint density at radius 3 is 2.09 bits per heavy atom. The molecule has 0 aliphatic carbocycles. The van der Waals surface area contributed by atoms with Crippen molar-refractivity contribution < 1.29 is 9.59 Å². The molecule has 0 heterocycles. The number of urea groups is 2. The van der Waals surface area contributed by atoms with E-state index in [1.807, 2.05) is 0 Å². The Balaban J connectivity index is 4.13. The molecule has 11 heavy (non-hydrogen) atoms. The van der Waals surface area contributed by atoms with Gasteiger partial charge in [0.05, 0.1) is 0 Å². The van der Waals surface area contributed by atoms with Gasteiger partial charge in [-0.25, -0.2) is 20.3 Å². The van der Waals surface area contributed by atoms with Gasteiger partial charge in [0.25, 0.3) is 0 Å². The quantitative estimate of drug-likeness (QED) is 0.276. The zero-order chi connectivity index (χ0) is 9.02. The van der Waals surface area contributed by atoms with Crippen LogP contribution >= 0.6 is 0 Å². The molecule has 6 nitrogen and oxygen atoms in total. The fourth-order valence-electron chi connectivity index (χ4n) is 0.491. The fourth-order valence-corrected chi connectivity index (χ4v) is 0.491. The van der Waals surface area contributed by atoms with Gasteiger partial charge < -0.3 is 5.32 Å². The molecule has 0 atom stereocenters. The van der Waals surface area contributed by atoms with Gasteiger partial charge in [-0.2, -0.15) is 0 Å². The van der Waals surface area contributed by atoms with Crippen molar-refractivity contribution in [1.29, 1.82) is 0 Å². The topological polar surface area (TPSA) is 78.7 Å². The largest absolute Gasteiger partial charge is 0.341 e. The normalized spacial score (nSPS) is 8.73. The molecule has 0 saturated heterocycles. The third-order valence-electron chi connectivity index (χ3n) is 1.11. The molecule has 3 N–H and O–H groups in total. The third-order valence-corrected chi connectivity index (χ3v) is 1.11. The molecule has 0 aromatic heterocycles. The lowest BCUT2D eigenvalue weighted by atomic mass is 10.7. The van der Waals surface area contributed by atoms with E-state index in [9.17, 15) is 9.59 Å². The number of rotatable bonds is 0. The molecule has 0 aromatic rings. The highest BCUT2D eigenvalue weighted by Gasteiger charge is 2.16. The zero-order valence-corrected chi connectivity index (χ0v) is 6.79. The van der Waals surface area contributed by atoms with Crippen molar-refractivity contribution >= 4 is 12.1 Å². The first-order valence-electron chi connectivity index (χ1n) is 2.98. The number of nitrogens with two attached hydrogens (primary N) is 1. The molecule has 0 radical (unpaired) electrons. The minimum atomic E-state index is -0.565. The molecule has 0 rings (SSSR count). The van der Waals surface area contributed by atoms with E-state index in [0.717, 1.165) is 9.91 Å². The van der Waals surface area contributed by atoms with Gasteiger partial charge in [0.15, 0.2) is 0 Å². The van der Waals surface area contributed by atoms with Crippen molar-refractivity contribution in [3.8, 4) is 0 Å². The van der Waals surface area contributed by atoms with Crippen LogP contribution in [-0.4, -0.2) is 43.1 Å². The maximum absolute atomic E-state index is 10.9. The third kappa shape index (κ3) is 2.42. The molecule has 4 amide bonds. The van der Waals surface area contributed by atoms with Gasteiger partial charge in [-0.05, 0) is 0 Å². The highest BCUT2D eigenvalue weighted by Crippen LogP contribution is 1.88. The highest BCUT2D eigenvalue weighted by molar-refractivity contribution is 5.92. The summed E-state index contributed by atoms with van der Waals surface area (Å²) in [7, 11) is 4.13. The van der Waals surface area contributed by atoms with Crippen molar-refractivity contribution in [2.75, 3.05) is 21.1 Å². The van der Waals surface area contributed by atoms with Gasteiger partial charge in [-0.1, -0.05) is 0 Å². The van der Waals surface area contributed by atoms with Crippen LogP contribution in [0, 0.1) is 0 Å². The van der Waals surface area contributed by atoms with Crippen LogP contribution in [0.5, 0.6) is 0 Å².